The fourth-order valence-corrected chi connectivity index (χ4v) is 2.36. The number of rotatable bonds is 5. The van der Waals surface area contributed by atoms with Gasteiger partial charge in [0.25, 0.3) is 0 Å². The summed E-state index contributed by atoms with van der Waals surface area (Å²) in [5, 5.41) is 9.06. The Balaban J connectivity index is 2.16. The number of carbonyl (C=O) groups excluding carboxylic acids is 1. The Labute approximate surface area is 119 Å². The first-order valence-corrected chi connectivity index (χ1v) is 6.57. The van der Waals surface area contributed by atoms with Gasteiger partial charge < -0.3 is 14.9 Å². The first kappa shape index (κ1) is 13.8. The molecule has 1 aliphatic rings. The van der Waals surface area contributed by atoms with Crippen LogP contribution in [0.3, 0.4) is 0 Å². The Morgan fingerprint density at radius 2 is 2.26 bits per heavy atom. The van der Waals surface area contributed by atoms with Crippen LogP contribution in [0.25, 0.3) is 0 Å². The highest BCUT2D eigenvalue weighted by atomic mass is 79.9. The molecule has 0 unspecified atom stereocenters. The first-order chi connectivity index (χ1) is 8.98. The minimum Gasteiger partial charge on any atom is -0.465 e. The molecule has 19 heavy (non-hydrogen) atoms. The third kappa shape index (κ3) is 2.86. The Kier molecular flexibility index (Phi) is 3.75. The zero-order valence-electron chi connectivity index (χ0n) is 10.4. The van der Waals surface area contributed by atoms with Crippen molar-refractivity contribution in [3.8, 4) is 0 Å². The minimum atomic E-state index is -0.976. The van der Waals surface area contributed by atoms with Gasteiger partial charge in [0.2, 0.25) is 6.41 Å². The van der Waals surface area contributed by atoms with Crippen LogP contribution in [0.4, 0.5) is 10.5 Å². The van der Waals surface area contributed by atoms with Crippen LogP contribution < -0.4 is 4.90 Å². The molecule has 1 saturated carbocycles. The third-order valence-electron chi connectivity index (χ3n) is 3.44. The normalized spacial score (nSPS) is 15.7. The quantitative estimate of drug-likeness (QED) is 0.839. The molecule has 1 aromatic heterocycles. The lowest BCUT2D eigenvalue weighted by Gasteiger charge is -2.30. The summed E-state index contributed by atoms with van der Waals surface area (Å²) >= 11 is 3.30. The van der Waals surface area contributed by atoms with Gasteiger partial charge in [-0.2, -0.15) is 0 Å². The summed E-state index contributed by atoms with van der Waals surface area (Å²) in [6.07, 6.45) is 4.47. The van der Waals surface area contributed by atoms with Crippen molar-refractivity contribution in [2.75, 3.05) is 18.5 Å². The second-order valence-corrected chi connectivity index (χ2v) is 5.58. The van der Waals surface area contributed by atoms with Crippen molar-refractivity contribution in [3.63, 3.8) is 0 Å². The van der Waals surface area contributed by atoms with Crippen molar-refractivity contribution in [2.45, 2.75) is 18.4 Å². The van der Waals surface area contributed by atoms with E-state index >= 15 is 0 Å². The highest BCUT2D eigenvalue weighted by Crippen LogP contribution is 2.42. The number of nitrogens with zero attached hydrogens (tertiary/aromatic N) is 3. The molecular weight excluding hydrogens is 314 g/mol. The Morgan fingerprint density at radius 1 is 1.58 bits per heavy atom. The Hall–Kier alpha value is -1.63. The molecule has 0 aliphatic heterocycles. The molecule has 2 amide bonds. The zero-order valence-corrected chi connectivity index (χ0v) is 12.0. The summed E-state index contributed by atoms with van der Waals surface area (Å²) in [6, 6.07) is 1.78. The van der Waals surface area contributed by atoms with E-state index in [1.807, 2.05) is 0 Å². The van der Waals surface area contributed by atoms with E-state index in [1.165, 1.54) is 16.8 Å². The van der Waals surface area contributed by atoms with Crippen molar-refractivity contribution in [1.82, 2.24) is 9.88 Å². The number of anilines is 1. The minimum absolute atomic E-state index is 0.345. The average Bonchev–Trinajstić information content (AvgIpc) is 3.16. The van der Waals surface area contributed by atoms with Crippen LogP contribution in [-0.2, 0) is 4.79 Å². The number of hydrogen-bond donors (Lipinski definition) is 1. The van der Waals surface area contributed by atoms with Crippen LogP contribution >= 0.6 is 15.9 Å². The van der Waals surface area contributed by atoms with Gasteiger partial charge in [-0.15, -0.1) is 0 Å². The largest absolute Gasteiger partial charge is 0.465 e. The standard InChI is InChI=1S/C12H14BrN3O3/c1-15(11(18)19)12(2-3-12)7-16(8-17)10-4-9(13)5-14-6-10/h4-6,8H,2-3,7H2,1H3,(H,18,19). The molecule has 0 radical (unpaired) electrons. The third-order valence-corrected chi connectivity index (χ3v) is 3.87. The fraction of sp³-hybridized carbons (Fsp3) is 0.417. The van der Waals surface area contributed by atoms with E-state index in [2.05, 4.69) is 20.9 Å². The van der Waals surface area contributed by atoms with Gasteiger partial charge in [0.1, 0.15) is 0 Å². The second kappa shape index (κ2) is 5.16. The van der Waals surface area contributed by atoms with Gasteiger partial charge in [-0.1, -0.05) is 0 Å². The summed E-state index contributed by atoms with van der Waals surface area (Å²) in [5.74, 6) is 0. The van der Waals surface area contributed by atoms with Crippen LogP contribution in [-0.4, -0.2) is 46.6 Å². The second-order valence-electron chi connectivity index (χ2n) is 4.66. The van der Waals surface area contributed by atoms with Gasteiger partial charge in [-0.3, -0.25) is 9.78 Å². The van der Waals surface area contributed by atoms with E-state index in [0.717, 1.165) is 17.3 Å². The van der Waals surface area contributed by atoms with Gasteiger partial charge in [0.15, 0.2) is 0 Å². The molecule has 1 aromatic rings. The predicted molar refractivity (Wildman–Crippen MR) is 73.1 cm³/mol. The van der Waals surface area contributed by atoms with Crippen LogP contribution in [0, 0.1) is 0 Å². The SMILES string of the molecule is CN(C(=O)O)C1(CN(C=O)c2cncc(Br)c2)CC1. The maximum absolute atomic E-state index is 11.2. The molecule has 1 fully saturated rings. The molecule has 0 atom stereocenters. The van der Waals surface area contributed by atoms with E-state index in [1.54, 1.807) is 18.5 Å². The van der Waals surface area contributed by atoms with Crippen molar-refractivity contribution in [1.29, 1.82) is 0 Å². The summed E-state index contributed by atoms with van der Waals surface area (Å²) < 4.78 is 0.772. The molecule has 1 aliphatic carbocycles. The molecule has 102 valence electrons. The predicted octanol–water partition coefficient (Wildman–Crippen LogP) is 1.95. The summed E-state index contributed by atoms with van der Waals surface area (Å²) in [7, 11) is 1.54. The van der Waals surface area contributed by atoms with Crippen LogP contribution in [0.5, 0.6) is 0 Å². The molecule has 0 spiro atoms. The van der Waals surface area contributed by atoms with Gasteiger partial charge in [0, 0.05) is 24.3 Å². The number of carboxylic acid groups (broad SMARTS) is 1. The molecule has 0 saturated heterocycles. The monoisotopic (exact) mass is 327 g/mol. The van der Waals surface area contributed by atoms with Gasteiger partial charge in [-0.05, 0) is 34.8 Å². The molecular formula is C12H14BrN3O3. The molecule has 1 heterocycles. The van der Waals surface area contributed by atoms with E-state index in [0.29, 0.717) is 18.6 Å². The van der Waals surface area contributed by atoms with Crippen molar-refractivity contribution in [3.05, 3.63) is 22.9 Å². The molecule has 0 bridgehead atoms. The Morgan fingerprint density at radius 3 is 2.74 bits per heavy atom. The fourth-order valence-electron chi connectivity index (χ4n) is 2.01. The van der Waals surface area contributed by atoms with Crippen molar-refractivity contribution < 1.29 is 14.7 Å². The number of likely N-dealkylation sites (N-methyl/N-ethyl adjacent to an activating group) is 1. The van der Waals surface area contributed by atoms with Gasteiger partial charge >= 0.3 is 6.09 Å². The van der Waals surface area contributed by atoms with E-state index < -0.39 is 11.6 Å². The number of pyridine rings is 1. The lowest BCUT2D eigenvalue weighted by Crippen LogP contribution is -2.46. The highest BCUT2D eigenvalue weighted by Gasteiger charge is 2.50. The number of carbonyl (C=O) groups is 2. The van der Waals surface area contributed by atoms with Crippen LogP contribution in [0.2, 0.25) is 0 Å². The molecule has 0 aromatic carbocycles. The van der Waals surface area contributed by atoms with Crippen molar-refractivity contribution in [2.24, 2.45) is 0 Å². The highest BCUT2D eigenvalue weighted by molar-refractivity contribution is 9.10. The van der Waals surface area contributed by atoms with Gasteiger partial charge in [0.05, 0.1) is 17.4 Å². The molecule has 7 heteroatoms. The maximum Gasteiger partial charge on any atom is 0.407 e. The Bertz CT molecular complexity index is 505. The summed E-state index contributed by atoms with van der Waals surface area (Å²) in [5.41, 5.74) is 0.184. The lowest BCUT2D eigenvalue weighted by atomic mass is 10.2. The van der Waals surface area contributed by atoms with Gasteiger partial charge in [-0.25, -0.2) is 4.79 Å². The van der Waals surface area contributed by atoms with Crippen molar-refractivity contribution >= 4 is 34.1 Å². The molecule has 1 N–H and O–H groups in total. The van der Waals surface area contributed by atoms with Crippen LogP contribution in [0.15, 0.2) is 22.9 Å². The smallest absolute Gasteiger partial charge is 0.407 e. The number of amides is 2. The summed E-state index contributed by atoms with van der Waals surface area (Å²) in [4.78, 5) is 29.1. The number of halogens is 1. The summed E-state index contributed by atoms with van der Waals surface area (Å²) in [6.45, 7) is 0.345. The van der Waals surface area contributed by atoms with Crippen LogP contribution in [0.1, 0.15) is 12.8 Å². The zero-order chi connectivity index (χ0) is 14.0. The molecule has 6 nitrogen and oxygen atoms in total. The topological polar surface area (TPSA) is 73.7 Å². The molecule has 2 rings (SSSR count). The lowest BCUT2D eigenvalue weighted by molar-refractivity contribution is -0.107. The maximum atomic E-state index is 11.2. The average molecular weight is 328 g/mol. The van der Waals surface area contributed by atoms with E-state index in [4.69, 9.17) is 5.11 Å². The number of hydrogen-bond acceptors (Lipinski definition) is 3. The van der Waals surface area contributed by atoms with E-state index in [9.17, 15) is 9.59 Å². The number of aromatic nitrogens is 1. The first-order valence-electron chi connectivity index (χ1n) is 5.78. The van der Waals surface area contributed by atoms with E-state index in [-0.39, 0.29) is 0 Å².